The summed E-state index contributed by atoms with van der Waals surface area (Å²) in [6.07, 6.45) is 1.72. The first-order chi connectivity index (χ1) is 10.6. The van der Waals surface area contributed by atoms with Crippen LogP contribution in [-0.4, -0.2) is 21.1 Å². The SMILES string of the molecule is CCc1nc2nc(Cl)c(C)cc2n1-c1ccc(CCN)cc1. The van der Waals surface area contributed by atoms with Crippen LogP contribution in [0.4, 0.5) is 0 Å². The van der Waals surface area contributed by atoms with E-state index in [0.29, 0.717) is 17.3 Å². The number of fused-ring (bicyclic) bond motifs is 1. The van der Waals surface area contributed by atoms with Crippen LogP contribution in [0.5, 0.6) is 0 Å². The molecule has 3 rings (SSSR count). The molecule has 22 heavy (non-hydrogen) atoms. The number of nitrogens with zero attached hydrogens (tertiary/aromatic N) is 3. The summed E-state index contributed by atoms with van der Waals surface area (Å²) in [7, 11) is 0. The maximum atomic E-state index is 6.12. The average Bonchev–Trinajstić information content (AvgIpc) is 2.86. The van der Waals surface area contributed by atoms with E-state index in [1.54, 1.807) is 0 Å². The molecule has 0 saturated heterocycles. The number of hydrogen-bond donors (Lipinski definition) is 1. The van der Waals surface area contributed by atoms with Crippen molar-refractivity contribution in [2.24, 2.45) is 5.73 Å². The molecule has 0 radical (unpaired) electrons. The summed E-state index contributed by atoms with van der Waals surface area (Å²) in [5, 5.41) is 0.512. The highest BCUT2D eigenvalue weighted by atomic mass is 35.5. The largest absolute Gasteiger partial charge is 0.330 e. The van der Waals surface area contributed by atoms with Crippen molar-refractivity contribution in [2.75, 3.05) is 6.54 Å². The highest BCUT2D eigenvalue weighted by molar-refractivity contribution is 6.30. The number of nitrogens with two attached hydrogens (primary N) is 1. The third-order valence-electron chi connectivity index (χ3n) is 3.79. The fourth-order valence-electron chi connectivity index (χ4n) is 2.63. The van der Waals surface area contributed by atoms with Gasteiger partial charge in [0.15, 0.2) is 5.65 Å². The monoisotopic (exact) mass is 314 g/mol. The molecule has 2 N–H and O–H groups in total. The maximum Gasteiger partial charge on any atom is 0.179 e. The molecule has 1 aromatic carbocycles. The Labute approximate surface area is 134 Å². The number of rotatable bonds is 4. The van der Waals surface area contributed by atoms with E-state index in [0.717, 1.165) is 35.4 Å². The number of hydrogen-bond acceptors (Lipinski definition) is 3. The van der Waals surface area contributed by atoms with Crippen molar-refractivity contribution < 1.29 is 0 Å². The summed E-state index contributed by atoms with van der Waals surface area (Å²) >= 11 is 6.12. The van der Waals surface area contributed by atoms with Gasteiger partial charge in [-0.05, 0) is 49.2 Å². The Morgan fingerprint density at radius 3 is 2.55 bits per heavy atom. The Kier molecular flexibility index (Phi) is 4.14. The van der Waals surface area contributed by atoms with Crippen LogP contribution in [0.25, 0.3) is 16.9 Å². The highest BCUT2D eigenvalue weighted by Gasteiger charge is 2.14. The van der Waals surface area contributed by atoms with Crippen LogP contribution in [0, 0.1) is 6.92 Å². The number of aromatic nitrogens is 3. The minimum absolute atomic E-state index is 0.512. The van der Waals surface area contributed by atoms with Crippen LogP contribution < -0.4 is 5.73 Å². The number of imidazole rings is 1. The fourth-order valence-corrected chi connectivity index (χ4v) is 2.76. The predicted octanol–water partition coefficient (Wildman–Crippen LogP) is 3.45. The summed E-state index contributed by atoms with van der Waals surface area (Å²) in [4.78, 5) is 9.01. The minimum atomic E-state index is 0.512. The summed E-state index contributed by atoms with van der Waals surface area (Å²) < 4.78 is 2.15. The van der Waals surface area contributed by atoms with Crippen molar-refractivity contribution in [3.05, 3.63) is 52.4 Å². The van der Waals surface area contributed by atoms with Gasteiger partial charge >= 0.3 is 0 Å². The normalized spacial score (nSPS) is 11.3. The van der Waals surface area contributed by atoms with Gasteiger partial charge in [-0.3, -0.25) is 4.57 Å². The zero-order valence-corrected chi connectivity index (χ0v) is 13.6. The van der Waals surface area contributed by atoms with Gasteiger partial charge in [-0.1, -0.05) is 30.7 Å². The van der Waals surface area contributed by atoms with Crippen molar-refractivity contribution in [3.63, 3.8) is 0 Å². The van der Waals surface area contributed by atoms with Gasteiger partial charge in [0, 0.05) is 12.1 Å². The molecular weight excluding hydrogens is 296 g/mol. The molecule has 0 aliphatic carbocycles. The van der Waals surface area contributed by atoms with Gasteiger partial charge in [-0.2, -0.15) is 0 Å². The summed E-state index contributed by atoms with van der Waals surface area (Å²) in [6, 6.07) is 10.5. The van der Waals surface area contributed by atoms with Gasteiger partial charge in [0.1, 0.15) is 11.0 Å². The Morgan fingerprint density at radius 2 is 1.91 bits per heavy atom. The van der Waals surface area contributed by atoms with Gasteiger partial charge in [-0.25, -0.2) is 9.97 Å². The first-order valence-corrected chi connectivity index (χ1v) is 7.85. The lowest BCUT2D eigenvalue weighted by Crippen LogP contribution is -2.04. The van der Waals surface area contributed by atoms with Crippen molar-refractivity contribution in [3.8, 4) is 5.69 Å². The molecule has 114 valence electrons. The van der Waals surface area contributed by atoms with Crippen molar-refractivity contribution >= 4 is 22.8 Å². The second kappa shape index (κ2) is 6.07. The maximum absolute atomic E-state index is 6.12. The molecule has 0 amide bonds. The molecule has 0 atom stereocenters. The molecule has 4 nitrogen and oxygen atoms in total. The molecule has 0 spiro atoms. The second-order valence-corrected chi connectivity index (χ2v) is 5.72. The second-order valence-electron chi connectivity index (χ2n) is 5.36. The molecule has 0 bridgehead atoms. The van der Waals surface area contributed by atoms with Gasteiger partial charge in [0.2, 0.25) is 0 Å². The zero-order valence-electron chi connectivity index (χ0n) is 12.8. The molecule has 3 aromatic rings. The van der Waals surface area contributed by atoms with E-state index in [2.05, 4.69) is 45.7 Å². The minimum Gasteiger partial charge on any atom is -0.330 e. The average molecular weight is 315 g/mol. The zero-order chi connectivity index (χ0) is 15.7. The molecule has 2 aromatic heterocycles. The van der Waals surface area contributed by atoms with E-state index in [4.69, 9.17) is 17.3 Å². The Hall–Kier alpha value is -1.91. The molecule has 0 aliphatic rings. The summed E-state index contributed by atoms with van der Waals surface area (Å²) in [5.74, 6) is 0.982. The lowest BCUT2D eigenvalue weighted by molar-refractivity contribution is 0.904. The van der Waals surface area contributed by atoms with E-state index in [1.807, 2.05) is 13.0 Å². The van der Waals surface area contributed by atoms with E-state index < -0.39 is 0 Å². The summed E-state index contributed by atoms with van der Waals surface area (Å²) in [6.45, 7) is 4.71. The smallest absolute Gasteiger partial charge is 0.179 e. The molecule has 0 aliphatic heterocycles. The lowest BCUT2D eigenvalue weighted by Gasteiger charge is -2.09. The number of benzene rings is 1. The molecule has 5 heteroatoms. The van der Waals surface area contributed by atoms with Crippen molar-refractivity contribution in [1.29, 1.82) is 0 Å². The van der Waals surface area contributed by atoms with Crippen LogP contribution in [0.3, 0.4) is 0 Å². The van der Waals surface area contributed by atoms with Crippen LogP contribution in [0.2, 0.25) is 5.15 Å². The molecule has 0 fully saturated rings. The van der Waals surface area contributed by atoms with Crippen molar-refractivity contribution in [1.82, 2.24) is 14.5 Å². The standard InChI is InChI=1S/C17H19ClN4/c1-3-15-20-17-14(10-11(2)16(18)21-17)22(15)13-6-4-12(5-7-13)8-9-19/h4-7,10H,3,8-9,19H2,1-2H3. The van der Waals surface area contributed by atoms with Gasteiger partial charge in [0.25, 0.3) is 0 Å². The third-order valence-corrected chi connectivity index (χ3v) is 4.17. The van der Waals surface area contributed by atoms with E-state index >= 15 is 0 Å². The van der Waals surface area contributed by atoms with E-state index in [9.17, 15) is 0 Å². The molecular formula is C17H19ClN4. The third kappa shape index (κ3) is 2.60. The number of halogens is 1. The van der Waals surface area contributed by atoms with E-state index in [-0.39, 0.29) is 0 Å². The number of aryl methyl sites for hydroxylation is 2. The fraction of sp³-hybridized carbons (Fsp3) is 0.294. The Morgan fingerprint density at radius 1 is 1.18 bits per heavy atom. The predicted molar refractivity (Wildman–Crippen MR) is 90.7 cm³/mol. The van der Waals surface area contributed by atoms with Crippen LogP contribution >= 0.6 is 11.6 Å². The van der Waals surface area contributed by atoms with Crippen LogP contribution in [0.1, 0.15) is 23.9 Å². The molecule has 0 unspecified atom stereocenters. The first kappa shape index (κ1) is 15.0. The first-order valence-electron chi connectivity index (χ1n) is 7.48. The molecule has 2 heterocycles. The van der Waals surface area contributed by atoms with Gasteiger partial charge in [0.05, 0.1) is 5.52 Å². The summed E-state index contributed by atoms with van der Waals surface area (Å²) in [5.41, 5.74) is 10.6. The molecule has 0 saturated carbocycles. The van der Waals surface area contributed by atoms with Gasteiger partial charge in [-0.15, -0.1) is 0 Å². The van der Waals surface area contributed by atoms with Crippen molar-refractivity contribution in [2.45, 2.75) is 26.7 Å². The number of pyridine rings is 1. The Bertz CT molecular complexity index is 806. The lowest BCUT2D eigenvalue weighted by atomic mass is 10.1. The Balaban J connectivity index is 2.17. The van der Waals surface area contributed by atoms with Crippen LogP contribution in [-0.2, 0) is 12.8 Å². The topological polar surface area (TPSA) is 56.7 Å². The van der Waals surface area contributed by atoms with E-state index in [1.165, 1.54) is 5.56 Å². The highest BCUT2D eigenvalue weighted by Crippen LogP contribution is 2.25. The van der Waals surface area contributed by atoms with Gasteiger partial charge < -0.3 is 5.73 Å². The van der Waals surface area contributed by atoms with Crippen LogP contribution in [0.15, 0.2) is 30.3 Å². The quantitative estimate of drug-likeness (QED) is 0.750.